The van der Waals surface area contributed by atoms with Crippen molar-refractivity contribution in [2.75, 3.05) is 30.4 Å². The molecule has 37 heavy (non-hydrogen) atoms. The minimum Gasteiger partial charge on any atom is -0.462 e. The highest BCUT2D eigenvalue weighted by Gasteiger charge is 2.18. The number of carbonyl (C=O) groups excluding carboxylic acids is 1. The third-order valence-corrected chi connectivity index (χ3v) is 6.20. The molecule has 9 heteroatoms. The fourth-order valence-corrected chi connectivity index (χ4v) is 4.32. The Kier molecular flexibility index (Phi) is 7.23. The topological polar surface area (TPSA) is 118 Å². The second kappa shape index (κ2) is 11.0. The fourth-order valence-electron chi connectivity index (χ4n) is 4.32. The SMILES string of the molecule is CNc1nccc(-c2ccc3noc(-c4ccc(N5CCCC(O)C5)cc4)c3c2)n1.O=Cc1ccco1. The van der Waals surface area contributed by atoms with Crippen LogP contribution in [0.15, 0.2) is 82.1 Å². The van der Waals surface area contributed by atoms with E-state index in [1.165, 1.54) is 6.26 Å². The van der Waals surface area contributed by atoms with Crippen LogP contribution in [0.25, 0.3) is 33.5 Å². The summed E-state index contributed by atoms with van der Waals surface area (Å²) in [6.45, 7) is 1.65. The van der Waals surface area contributed by atoms with Gasteiger partial charge in [0.15, 0.2) is 17.8 Å². The first-order chi connectivity index (χ1) is 18.1. The predicted molar refractivity (Wildman–Crippen MR) is 142 cm³/mol. The van der Waals surface area contributed by atoms with Crippen molar-refractivity contribution in [2.45, 2.75) is 18.9 Å². The van der Waals surface area contributed by atoms with Gasteiger partial charge in [0.25, 0.3) is 0 Å². The zero-order valence-electron chi connectivity index (χ0n) is 20.4. The number of benzene rings is 2. The number of anilines is 2. The Morgan fingerprint density at radius 1 is 1.11 bits per heavy atom. The highest BCUT2D eigenvalue weighted by molar-refractivity contribution is 5.94. The lowest BCUT2D eigenvalue weighted by atomic mass is 10.0. The van der Waals surface area contributed by atoms with Crippen molar-refractivity contribution in [3.63, 3.8) is 0 Å². The van der Waals surface area contributed by atoms with E-state index in [0.717, 1.165) is 58.6 Å². The minimum absolute atomic E-state index is 0.250. The van der Waals surface area contributed by atoms with E-state index in [1.54, 1.807) is 25.4 Å². The van der Waals surface area contributed by atoms with E-state index in [9.17, 15) is 9.90 Å². The number of aliphatic hydroxyl groups is 1. The van der Waals surface area contributed by atoms with Crippen molar-refractivity contribution < 1.29 is 18.8 Å². The number of rotatable bonds is 5. The van der Waals surface area contributed by atoms with E-state index < -0.39 is 0 Å². The van der Waals surface area contributed by atoms with Gasteiger partial charge in [0.05, 0.1) is 23.4 Å². The van der Waals surface area contributed by atoms with Gasteiger partial charge >= 0.3 is 0 Å². The van der Waals surface area contributed by atoms with Crippen LogP contribution in [0.5, 0.6) is 0 Å². The Hall–Kier alpha value is -4.50. The molecule has 1 atom stereocenters. The van der Waals surface area contributed by atoms with Crippen molar-refractivity contribution in [1.29, 1.82) is 0 Å². The quantitative estimate of drug-likeness (QED) is 0.322. The van der Waals surface area contributed by atoms with Crippen molar-refractivity contribution in [1.82, 2.24) is 15.1 Å². The summed E-state index contributed by atoms with van der Waals surface area (Å²) in [4.78, 5) is 20.7. The van der Waals surface area contributed by atoms with Crippen LogP contribution in [0.2, 0.25) is 0 Å². The Labute approximate surface area is 213 Å². The average Bonchev–Trinajstić information content (AvgIpc) is 3.63. The Morgan fingerprint density at radius 3 is 2.65 bits per heavy atom. The summed E-state index contributed by atoms with van der Waals surface area (Å²) in [5, 5.41) is 18.1. The van der Waals surface area contributed by atoms with Gasteiger partial charge < -0.3 is 24.3 Å². The number of piperidine rings is 1. The molecule has 2 aromatic carbocycles. The van der Waals surface area contributed by atoms with Gasteiger partial charge in [-0.3, -0.25) is 4.79 Å². The maximum absolute atomic E-state index is 9.94. The van der Waals surface area contributed by atoms with Crippen LogP contribution in [0.3, 0.4) is 0 Å². The van der Waals surface area contributed by atoms with Crippen LogP contribution in [0, 0.1) is 0 Å². The lowest BCUT2D eigenvalue weighted by Crippen LogP contribution is -2.38. The summed E-state index contributed by atoms with van der Waals surface area (Å²) < 4.78 is 10.3. The summed E-state index contributed by atoms with van der Waals surface area (Å²) in [6.07, 6.45) is 5.51. The summed E-state index contributed by atoms with van der Waals surface area (Å²) >= 11 is 0. The average molecular weight is 498 g/mol. The molecule has 3 aromatic heterocycles. The largest absolute Gasteiger partial charge is 0.462 e. The van der Waals surface area contributed by atoms with Crippen LogP contribution >= 0.6 is 0 Å². The molecule has 0 bridgehead atoms. The number of β-amino-alcohol motifs (C(OH)–C–C–N with tert-alkyl or cyclic N) is 1. The number of fused-ring (bicyclic) bond motifs is 1. The summed E-state index contributed by atoms with van der Waals surface area (Å²) in [6, 6.07) is 19.4. The molecule has 2 N–H and O–H groups in total. The van der Waals surface area contributed by atoms with Crippen LogP contribution in [-0.4, -0.2) is 52.8 Å². The maximum atomic E-state index is 9.94. The Balaban J connectivity index is 0.000000348. The van der Waals surface area contributed by atoms with Crippen molar-refractivity contribution in [3.8, 4) is 22.6 Å². The molecule has 5 aromatic rings. The molecule has 9 nitrogen and oxygen atoms in total. The molecule has 188 valence electrons. The van der Waals surface area contributed by atoms with Crippen LogP contribution in [0.4, 0.5) is 11.6 Å². The first kappa shape index (κ1) is 24.2. The molecular formula is C28H27N5O4. The monoisotopic (exact) mass is 497 g/mol. The smallest absolute Gasteiger partial charge is 0.222 e. The predicted octanol–water partition coefficient (Wildman–Crippen LogP) is 5.05. The van der Waals surface area contributed by atoms with Crippen molar-refractivity contribution in [3.05, 3.63) is 78.9 Å². The van der Waals surface area contributed by atoms with Gasteiger partial charge in [0.2, 0.25) is 5.95 Å². The minimum atomic E-state index is -0.250. The molecule has 0 aliphatic carbocycles. The number of nitrogens with one attached hydrogen (secondary N) is 1. The van der Waals surface area contributed by atoms with Crippen LogP contribution in [-0.2, 0) is 0 Å². The summed E-state index contributed by atoms with van der Waals surface area (Å²) in [5.74, 6) is 1.69. The Morgan fingerprint density at radius 2 is 1.95 bits per heavy atom. The molecule has 0 amide bonds. The van der Waals surface area contributed by atoms with E-state index in [4.69, 9.17) is 4.52 Å². The van der Waals surface area contributed by atoms with Gasteiger partial charge in [-0.1, -0.05) is 11.2 Å². The molecule has 0 saturated carbocycles. The lowest BCUT2D eigenvalue weighted by Gasteiger charge is -2.32. The van der Waals surface area contributed by atoms with E-state index in [1.807, 2.05) is 30.3 Å². The maximum Gasteiger partial charge on any atom is 0.222 e. The number of carbonyl (C=O) groups is 1. The number of hydrogen-bond donors (Lipinski definition) is 2. The van der Waals surface area contributed by atoms with Crippen LogP contribution < -0.4 is 10.2 Å². The summed E-state index contributed by atoms with van der Waals surface area (Å²) in [5.41, 5.74) is 4.70. The fraction of sp³-hybridized carbons (Fsp3) is 0.214. The van der Waals surface area contributed by atoms with Crippen LogP contribution in [0.1, 0.15) is 23.4 Å². The number of aldehydes is 1. The first-order valence-corrected chi connectivity index (χ1v) is 12.1. The molecule has 4 heterocycles. The number of hydrogen-bond acceptors (Lipinski definition) is 9. The van der Waals surface area contributed by atoms with E-state index in [0.29, 0.717) is 24.5 Å². The number of aromatic nitrogens is 3. The third-order valence-electron chi connectivity index (χ3n) is 6.20. The second-order valence-corrected chi connectivity index (χ2v) is 8.68. The number of furan rings is 1. The molecule has 0 spiro atoms. The van der Waals surface area contributed by atoms with Gasteiger partial charge in [0.1, 0.15) is 5.52 Å². The zero-order chi connectivity index (χ0) is 25.6. The number of nitrogens with zero attached hydrogens (tertiary/aromatic N) is 4. The van der Waals surface area contributed by atoms with Crippen molar-refractivity contribution >= 4 is 28.8 Å². The highest BCUT2D eigenvalue weighted by Crippen LogP contribution is 2.33. The van der Waals surface area contributed by atoms with Gasteiger partial charge in [-0.15, -0.1) is 0 Å². The Bertz CT molecular complexity index is 1460. The molecule has 1 fully saturated rings. The highest BCUT2D eigenvalue weighted by atomic mass is 16.5. The molecule has 1 saturated heterocycles. The molecule has 1 aliphatic heterocycles. The van der Waals surface area contributed by atoms with Gasteiger partial charge in [-0.05, 0) is 67.4 Å². The summed E-state index contributed by atoms with van der Waals surface area (Å²) in [7, 11) is 1.80. The molecule has 6 rings (SSSR count). The van der Waals surface area contributed by atoms with Gasteiger partial charge in [-0.2, -0.15) is 0 Å². The van der Waals surface area contributed by atoms with E-state index >= 15 is 0 Å². The second-order valence-electron chi connectivity index (χ2n) is 8.68. The number of aliphatic hydroxyl groups excluding tert-OH is 1. The molecule has 1 unspecified atom stereocenters. The molecular weight excluding hydrogens is 470 g/mol. The zero-order valence-corrected chi connectivity index (χ0v) is 20.4. The van der Waals surface area contributed by atoms with Gasteiger partial charge in [-0.25, -0.2) is 9.97 Å². The van der Waals surface area contributed by atoms with Gasteiger partial charge in [0, 0.05) is 43.1 Å². The van der Waals surface area contributed by atoms with Crippen molar-refractivity contribution in [2.24, 2.45) is 0 Å². The van der Waals surface area contributed by atoms with E-state index in [-0.39, 0.29) is 6.10 Å². The third kappa shape index (κ3) is 5.52. The van der Waals surface area contributed by atoms with E-state index in [2.05, 4.69) is 48.0 Å². The normalized spacial score (nSPS) is 15.2. The first-order valence-electron chi connectivity index (χ1n) is 12.1. The standard InChI is InChI=1S/C23H23N5O2.C5H4O2/c1-24-23-25-11-10-20(26-23)16-6-9-21-19(13-16)22(30-27-21)15-4-7-17(8-5-15)28-12-2-3-18(29)14-28;6-4-5-2-1-3-7-5/h4-11,13,18,29H,2-3,12,14H2,1H3,(H,24,25,26);1-4H. The lowest BCUT2D eigenvalue weighted by molar-refractivity contribution is 0.110. The molecule has 0 radical (unpaired) electrons. The molecule has 1 aliphatic rings.